The number of aliphatic carboxylic acids is 1. The molecule has 3 N–H and O–H groups in total. The van der Waals surface area contributed by atoms with Crippen LogP contribution in [0.5, 0.6) is 0 Å². The van der Waals surface area contributed by atoms with Crippen molar-refractivity contribution in [3.8, 4) is 0 Å². The number of hydrogen-bond acceptors (Lipinski definition) is 5. The van der Waals surface area contributed by atoms with Gasteiger partial charge in [0.05, 0.1) is 6.42 Å². The fourth-order valence-corrected chi connectivity index (χ4v) is 1.65. The number of imide groups is 2. The van der Waals surface area contributed by atoms with Crippen LogP contribution in [0.1, 0.15) is 25.7 Å². The van der Waals surface area contributed by atoms with Crippen LogP contribution in [0, 0.1) is 0 Å². The minimum absolute atomic E-state index is 0.109. The molecule has 1 aliphatic heterocycles. The topological polar surface area (TPSA) is 133 Å². The zero-order chi connectivity index (χ0) is 15.3. The molecule has 1 heterocycles. The molecule has 0 bridgehead atoms. The Bertz CT molecular complexity index is 461. The van der Waals surface area contributed by atoms with Gasteiger partial charge in [-0.3, -0.25) is 29.4 Å². The molecule has 110 valence electrons. The number of urea groups is 1. The van der Waals surface area contributed by atoms with E-state index in [1.807, 2.05) is 5.32 Å². The summed E-state index contributed by atoms with van der Waals surface area (Å²) in [5.41, 5.74) is 0. The van der Waals surface area contributed by atoms with E-state index >= 15 is 0 Å². The highest BCUT2D eigenvalue weighted by molar-refractivity contribution is 6.07. The molecule has 1 saturated heterocycles. The second-order valence-electron chi connectivity index (χ2n) is 4.32. The van der Waals surface area contributed by atoms with Crippen molar-refractivity contribution in [3.05, 3.63) is 0 Å². The van der Waals surface area contributed by atoms with Crippen molar-refractivity contribution < 1.29 is 29.1 Å². The highest BCUT2D eigenvalue weighted by atomic mass is 16.4. The summed E-state index contributed by atoms with van der Waals surface area (Å²) in [6.07, 6.45) is -0.319. The average molecular weight is 285 g/mol. The second kappa shape index (κ2) is 6.64. The fraction of sp³-hybridized carbons (Fsp3) is 0.545. The largest absolute Gasteiger partial charge is 0.481 e. The summed E-state index contributed by atoms with van der Waals surface area (Å²) >= 11 is 0. The van der Waals surface area contributed by atoms with Gasteiger partial charge in [0.15, 0.2) is 0 Å². The van der Waals surface area contributed by atoms with Crippen molar-refractivity contribution in [2.75, 3.05) is 7.05 Å². The van der Waals surface area contributed by atoms with E-state index in [1.165, 1.54) is 7.05 Å². The minimum Gasteiger partial charge on any atom is -0.481 e. The van der Waals surface area contributed by atoms with Gasteiger partial charge < -0.3 is 10.4 Å². The molecular weight excluding hydrogens is 270 g/mol. The van der Waals surface area contributed by atoms with E-state index in [0.717, 1.165) is 4.90 Å². The molecule has 1 aliphatic rings. The molecule has 0 saturated carbocycles. The van der Waals surface area contributed by atoms with Gasteiger partial charge in [-0.05, 0) is 6.42 Å². The van der Waals surface area contributed by atoms with Crippen molar-refractivity contribution in [1.82, 2.24) is 15.5 Å². The number of nitrogens with zero attached hydrogens (tertiary/aromatic N) is 1. The van der Waals surface area contributed by atoms with Crippen molar-refractivity contribution >= 4 is 29.7 Å². The van der Waals surface area contributed by atoms with Gasteiger partial charge in [-0.15, -0.1) is 0 Å². The summed E-state index contributed by atoms with van der Waals surface area (Å²) < 4.78 is 0. The predicted octanol–water partition coefficient (Wildman–Crippen LogP) is -1.18. The van der Waals surface area contributed by atoms with Crippen molar-refractivity contribution in [3.63, 3.8) is 0 Å². The van der Waals surface area contributed by atoms with E-state index in [9.17, 15) is 24.0 Å². The quantitative estimate of drug-likeness (QED) is 0.545. The molecule has 0 aromatic carbocycles. The lowest BCUT2D eigenvalue weighted by Crippen LogP contribution is -2.47. The van der Waals surface area contributed by atoms with E-state index in [-0.39, 0.29) is 25.7 Å². The minimum atomic E-state index is -1.03. The van der Waals surface area contributed by atoms with Gasteiger partial charge in [-0.1, -0.05) is 0 Å². The van der Waals surface area contributed by atoms with Crippen LogP contribution < -0.4 is 10.6 Å². The van der Waals surface area contributed by atoms with E-state index in [4.69, 9.17) is 5.11 Å². The third-order valence-corrected chi connectivity index (χ3v) is 2.73. The van der Waals surface area contributed by atoms with Crippen molar-refractivity contribution in [1.29, 1.82) is 0 Å². The Hall–Kier alpha value is -2.45. The standard InChI is InChI=1S/C11H15N3O6/c1-14-8(16)5-6(10(14)19)12-11(20)13-7(15)3-2-4-9(17)18/h6H,2-5H2,1H3,(H,17,18)(H2,12,13,15,20). The maximum absolute atomic E-state index is 11.5. The summed E-state index contributed by atoms with van der Waals surface area (Å²) in [5, 5.41) is 12.6. The van der Waals surface area contributed by atoms with Gasteiger partial charge in [0.2, 0.25) is 11.8 Å². The van der Waals surface area contributed by atoms with Crippen molar-refractivity contribution in [2.45, 2.75) is 31.7 Å². The number of carboxylic acids is 1. The number of carboxylic acid groups (broad SMARTS) is 1. The second-order valence-corrected chi connectivity index (χ2v) is 4.32. The Kier molecular flexibility index (Phi) is 5.18. The number of likely N-dealkylation sites (N-methyl/N-ethyl adjacent to an activating group) is 1. The molecule has 0 spiro atoms. The first-order chi connectivity index (χ1) is 9.31. The van der Waals surface area contributed by atoms with Crippen molar-refractivity contribution in [2.24, 2.45) is 0 Å². The molecule has 1 fully saturated rings. The van der Waals surface area contributed by atoms with E-state index in [0.29, 0.717) is 0 Å². The summed E-state index contributed by atoms with van der Waals surface area (Å²) in [6.45, 7) is 0. The number of nitrogens with one attached hydrogen (secondary N) is 2. The van der Waals surface area contributed by atoms with Crippen LogP contribution >= 0.6 is 0 Å². The third-order valence-electron chi connectivity index (χ3n) is 2.73. The van der Waals surface area contributed by atoms with Crippen LogP contribution in [0.3, 0.4) is 0 Å². The zero-order valence-corrected chi connectivity index (χ0v) is 10.8. The monoisotopic (exact) mass is 285 g/mol. The van der Waals surface area contributed by atoms with Crippen LogP contribution in [-0.2, 0) is 19.2 Å². The molecule has 0 aromatic heterocycles. The Morgan fingerprint density at radius 1 is 1.30 bits per heavy atom. The van der Waals surface area contributed by atoms with Crippen LogP contribution in [0.25, 0.3) is 0 Å². The molecule has 1 unspecified atom stereocenters. The molecular formula is C11H15N3O6. The van der Waals surface area contributed by atoms with Crippen LogP contribution in [0.4, 0.5) is 4.79 Å². The smallest absolute Gasteiger partial charge is 0.322 e. The normalized spacial score (nSPS) is 18.1. The molecule has 0 aromatic rings. The number of amides is 5. The van der Waals surface area contributed by atoms with E-state index < -0.39 is 35.8 Å². The average Bonchev–Trinajstić information content (AvgIpc) is 2.56. The maximum atomic E-state index is 11.5. The fourth-order valence-electron chi connectivity index (χ4n) is 1.65. The SMILES string of the molecule is CN1C(=O)CC(NC(=O)NC(=O)CCCC(=O)O)C1=O. The number of hydrogen-bond donors (Lipinski definition) is 3. The Balaban J connectivity index is 2.33. The van der Waals surface area contributed by atoms with Gasteiger partial charge in [-0.25, -0.2) is 4.79 Å². The lowest BCUT2D eigenvalue weighted by Gasteiger charge is -2.11. The van der Waals surface area contributed by atoms with E-state index in [1.54, 1.807) is 0 Å². The number of carbonyl (C=O) groups excluding carboxylic acids is 4. The highest BCUT2D eigenvalue weighted by Gasteiger charge is 2.37. The lowest BCUT2D eigenvalue weighted by molar-refractivity contribution is -0.138. The van der Waals surface area contributed by atoms with Gasteiger partial charge in [0, 0.05) is 19.9 Å². The van der Waals surface area contributed by atoms with Gasteiger partial charge in [0.25, 0.3) is 5.91 Å². The van der Waals surface area contributed by atoms with Crippen LogP contribution in [0.2, 0.25) is 0 Å². The molecule has 1 atom stereocenters. The number of likely N-dealkylation sites (tertiary alicyclic amines) is 1. The van der Waals surface area contributed by atoms with Crippen LogP contribution in [0.15, 0.2) is 0 Å². The maximum Gasteiger partial charge on any atom is 0.322 e. The molecule has 0 radical (unpaired) electrons. The summed E-state index contributed by atoms with van der Waals surface area (Å²) in [5.74, 6) is -2.62. The summed E-state index contributed by atoms with van der Waals surface area (Å²) in [6, 6.07) is -1.86. The first kappa shape index (κ1) is 15.6. The third kappa shape index (κ3) is 4.34. The first-order valence-electron chi connectivity index (χ1n) is 5.93. The molecule has 9 nitrogen and oxygen atoms in total. The van der Waals surface area contributed by atoms with Gasteiger partial charge >= 0.3 is 12.0 Å². The van der Waals surface area contributed by atoms with Gasteiger partial charge in [-0.2, -0.15) is 0 Å². The molecule has 5 amide bonds. The Labute approximate surface area is 114 Å². The predicted molar refractivity (Wildman–Crippen MR) is 64.3 cm³/mol. The summed E-state index contributed by atoms with van der Waals surface area (Å²) in [4.78, 5) is 56.6. The molecule has 9 heteroatoms. The summed E-state index contributed by atoms with van der Waals surface area (Å²) in [7, 11) is 1.31. The molecule has 1 rings (SSSR count). The van der Waals surface area contributed by atoms with Gasteiger partial charge in [0.1, 0.15) is 6.04 Å². The Morgan fingerprint density at radius 3 is 2.45 bits per heavy atom. The number of carbonyl (C=O) groups is 5. The molecule has 0 aliphatic carbocycles. The highest BCUT2D eigenvalue weighted by Crippen LogP contribution is 2.10. The van der Waals surface area contributed by atoms with E-state index in [2.05, 4.69) is 5.32 Å². The Morgan fingerprint density at radius 2 is 1.95 bits per heavy atom. The number of rotatable bonds is 5. The lowest BCUT2D eigenvalue weighted by atomic mass is 10.2. The zero-order valence-electron chi connectivity index (χ0n) is 10.8. The molecule has 20 heavy (non-hydrogen) atoms. The first-order valence-corrected chi connectivity index (χ1v) is 5.93. The van der Waals surface area contributed by atoms with Crippen LogP contribution in [-0.4, -0.2) is 52.8 Å².